The van der Waals surface area contributed by atoms with E-state index in [1.165, 1.54) is 4.88 Å². The fourth-order valence-corrected chi connectivity index (χ4v) is 2.19. The smallest absolute Gasteiger partial charge is 0.0900 e. The third-order valence-electron chi connectivity index (χ3n) is 1.86. The Bertz CT molecular complexity index is 397. The van der Waals surface area contributed by atoms with Gasteiger partial charge in [-0.2, -0.15) is 5.10 Å². The van der Waals surface area contributed by atoms with Crippen LogP contribution in [0.4, 0.5) is 0 Å². The van der Waals surface area contributed by atoms with Crippen molar-refractivity contribution < 1.29 is 0 Å². The maximum atomic E-state index is 4.37. The largest absolute Gasteiger partial charge is 0.267 e. The molecule has 0 bridgehead atoms. The Morgan fingerprint density at radius 1 is 1.33 bits per heavy atom. The molecule has 0 radical (unpaired) electrons. The normalized spacial score (nSPS) is 9.20. The molecule has 0 N–H and O–H groups in total. The van der Waals surface area contributed by atoms with Crippen LogP contribution < -0.4 is 0 Å². The molecule has 0 spiro atoms. The van der Waals surface area contributed by atoms with E-state index in [0.29, 0.717) is 0 Å². The summed E-state index contributed by atoms with van der Waals surface area (Å²) in [5, 5.41) is 5.28. The maximum Gasteiger partial charge on any atom is 0.0900 e. The Morgan fingerprint density at radius 2 is 2.07 bits per heavy atom. The molecular formula is C9H13Cl2N3S. The molecule has 6 heteroatoms. The van der Waals surface area contributed by atoms with E-state index in [1.54, 1.807) is 17.5 Å². The van der Waals surface area contributed by atoms with E-state index >= 15 is 0 Å². The van der Waals surface area contributed by atoms with E-state index in [0.717, 1.165) is 17.2 Å². The minimum atomic E-state index is 0. The van der Waals surface area contributed by atoms with Gasteiger partial charge >= 0.3 is 0 Å². The molecule has 0 fully saturated rings. The molecule has 15 heavy (non-hydrogen) atoms. The molecule has 2 aromatic heterocycles. The van der Waals surface area contributed by atoms with E-state index in [2.05, 4.69) is 10.1 Å². The number of nitrogens with zero attached hydrogens (tertiary/aromatic N) is 3. The van der Waals surface area contributed by atoms with Crippen molar-refractivity contribution in [1.29, 1.82) is 0 Å². The van der Waals surface area contributed by atoms with Crippen LogP contribution in [0.5, 0.6) is 0 Å². The molecule has 0 atom stereocenters. The molecule has 0 saturated carbocycles. The van der Waals surface area contributed by atoms with Crippen LogP contribution in [0.1, 0.15) is 15.6 Å². The Kier molecular flexibility index (Phi) is 5.87. The molecule has 2 rings (SSSR count). The van der Waals surface area contributed by atoms with Crippen LogP contribution in [0.2, 0.25) is 0 Å². The number of rotatable bonds is 2. The van der Waals surface area contributed by atoms with Crippen LogP contribution in [-0.4, -0.2) is 14.8 Å². The average Bonchev–Trinajstić information content (AvgIpc) is 2.63. The predicted octanol–water partition coefficient (Wildman–Crippen LogP) is 2.85. The Hall–Kier alpha value is -0.580. The lowest BCUT2D eigenvalue weighted by atomic mass is 10.4. The van der Waals surface area contributed by atoms with Gasteiger partial charge < -0.3 is 0 Å². The minimum absolute atomic E-state index is 0. The van der Waals surface area contributed by atoms with Crippen molar-refractivity contribution in [2.45, 2.75) is 20.4 Å². The molecule has 0 aliphatic carbocycles. The molecule has 2 aromatic rings. The molecule has 3 nitrogen and oxygen atoms in total. The zero-order valence-electron chi connectivity index (χ0n) is 8.51. The van der Waals surface area contributed by atoms with Gasteiger partial charge in [0.2, 0.25) is 0 Å². The molecule has 0 amide bonds. The average molecular weight is 266 g/mol. The van der Waals surface area contributed by atoms with Gasteiger partial charge in [0, 0.05) is 17.3 Å². The first-order valence-corrected chi connectivity index (χ1v) is 4.97. The quantitative estimate of drug-likeness (QED) is 0.836. The van der Waals surface area contributed by atoms with Crippen LogP contribution in [0.25, 0.3) is 0 Å². The van der Waals surface area contributed by atoms with Crippen molar-refractivity contribution in [3.63, 3.8) is 0 Å². The van der Waals surface area contributed by atoms with Gasteiger partial charge in [-0.1, -0.05) is 0 Å². The standard InChI is InChI=1S/C9H11N3S.2ClH/c1-7-9(13-8(2)11-7)6-12-5-3-4-10-12;;/h3-5H,6H2,1-2H3;2*1H. The van der Waals surface area contributed by atoms with Gasteiger partial charge in [0.25, 0.3) is 0 Å². The Morgan fingerprint density at radius 3 is 2.53 bits per heavy atom. The summed E-state index contributed by atoms with van der Waals surface area (Å²) in [5.74, 6) is 0. The monoisotopic (exact) mass is 265 g/mol. The minimum Gasteiger partial charge on any atom is -0.267 e. The highest BCUT2D eigenvalue weighted by molar-refractivity contribution is 7.11. The van der Waals surface area contributed by atoms with Gasteiger partial charge in [-0.05, 0) is 19.9 Å². The van der Waals surface area contributed by atoms with Crippen LogP contribution in [0.3, 0.4) is 0 Å². The summed E-state index contributed by atoms with van der Waals surface area (Å²) in [6.07, 6.45) is 3.76. The number of hydrogen-bond acceptors (Lipinski definition) is 3. The predicted molar refractivity (Wildman–Crippen MR) is 67.4 cm³/mol. The second kappa shape index (κ2) is 6.10. The second-order valence-electron chi connectivity index (χ2n) is 2.95. The summed E-state index contributed by atoms with van der Waals surface area (Å²) in [6.45, 7) is 4.91. The van der Waals surface area contributed by atoms with Gasteiger partial charge in [0.05, 0.1) is 17.2 Å². The van der Waals surface area contributed by atoms with Crippen LogP contribution in [0, 0.1) is 13.8 Å². The highest BCUT2D eigenvalue weighted by atomic mass is 35.5. The zero-order chi connectivity index (χ0) is 9.26. The highest BCUT2D eigenvalue weighted by Crippen LogP contribution is 2.17. The van der Waals surface area contributed by atoms with Gasteiger partial charge in [0.1, 0.15) is 0 Å². The summed E-state index contributed by atoms with van der Waals surface area (Å²) in [6, 6.07) is 1.93. The van der Waals surface area contributed by atoms with Gasteiger partial charge in [0.15, 0.2) is 0 Å². The van der Waals surface area contributed by atoms with Crippen LogP contribution in [0.15, 0.2) is 18.5 Å². The first kappa shape index (κ1) is 14.4. The highest BCUT2D eigenvalue weighted by Gasteiger charge is 2.04. The number of aryl methyl sites for hydroxylation is 2. The first-order valence-electron chi connectivity index (χ1n) is 4.16. The zero-order valence-corrected chi connectivity index (χ0v) is 11.0. The summed E-state index contributed by atoms with van der Waals surface area (Å²) in [7, 11) is 0. The van der Waals surface area contributed by atoms with E-state index in [-0.39, 0.29) is 24.8 Å². The lowest BCUT2D eigenvalue weighted by molar-refractivity contribution is 0.691. The molecule has 0 aromatic carbocycles. The van der Waals surface area contributed by atoms with Crippen LogP contribution in [-0.2, 0) is 6.54 Å². The number of thiazole rings is 1. The molecule has 2 heterocycles. The van der Waals surface area contributed by atoms with Crippen molar-refractivity contribution in [2.24, 2.45) is 0 Å². The van der Waals surface area contributed by atoms with E-state index in [4.69, 9.17) is 0 Å². The van der Waals surface area contributed by atoms with Crippen molar-refractivity contribution in [3.8, 4) is 0 Å². The summed E-state index contributed by atoms with van der Waals surface area (Å²) in [4.78, 5) is 5.66. The van der Waals surface area contributed by atoms with Crippen molar-refractivity contribution in [2.75, 3.05) is 0 Å². The third kappa shape index (κ3) is 3.48. The Balaban J connectivity index is 0.000000980. The van der Waals surface area contributed by atoms with Gasteiger partial charge in [-0.25, -0.2) is 4.98 Å². The maximum absolute atomic E-state index is 4.37. The molecule has 84 valence electrons. The Labute approximate surface area is 105 Å². The molecule has 0 aliphatic rings. The lowest BCUT2D eigenvalue weighted by Gasteiger charge is -1.97. The summed E-state index contributed by atoms with van der Waals surface area (Å²) < 4.78 is 1.92. The lowest BCUT2D eigenvalue weighted by Crippen LogP contribution is -1.98. The van der Waals surface area contributed by atoms with Gasteiger partial charge in [-0.15, -0.1) is 36.2 Å². The van der Waals surface area contributed by atoms with Crippen molar-refractivity contribution in [1.82, 2.24) is 14.8 Å². The van der Waals surface area contributed by atoms with E-state index < -0.39 is 0 Å². The van der Waals surface area contributed by atoms with Crippen molar-refractivity contribution in [3.05, 3.63) is 34.0 Å². The summed E-state index contributed by atoms with van der Waals surface area (Å²) in [5.41, 5.74) is 1.12. The van der Waals surface area contributed by atoms with Crippen molar-refractivity contribution >= 4 is 36.2 Å². The topological polar surface area (TPSA) is 30.7 Å². The van der Waals surface area contributed by atoms with E-state index in [1.807, 2.05) is 30.8 Å². The van der Waals surface area contributed by atoms with Gasteiger partial charge in [-0.3, -0.25) is 4.68 Å². The fraction of sp³-hybridized carbons (Fsp3) is 0.333. The number of hydrogen-bond donors (Lipinski definition) is 0. The number of aromatic nitrogens is 3. The second-order valence-corrected chi connectivity index (χ2v) is 4.23. The first-order chi connectivity index (χ1) is 6.25. The molecule has 0 saturated heterocycles. The molecule has 0 aliphatic heterocycles. The molecular weight excluding hydrogens is 253 g/mol. The van der Waals surface area contributed by atoms with E-state index in [9.17, 15) is 0 Å². The third-order valence-corrected chi connectivity index (χ3v) is 2.92. The number of halogens is 2. The SMILES string of the molecule is Cc1nc(C)c(Cn2cccn2)s1.Cl.Cl. The van der Waals surface area contributed by atoms with Crippen LogP contribution >= 0.6 is 36.2 Å². The molecule has 0 unspecified atom stereocenters. The summed E-state index contributed by atoms with van der Waals surface area (Å²) >= 11 is 1.74. The fourth-order valence-electron chi connectivity index (χ4n) is 1.26.